The van der Waals surface area contributed by atoms with E-state index in [1.807, 2.05) is 6.07 Å². The molecule has 2 heterocycles. The van der Waals surface area contributed by atoms with Crippen molar-refractivity contribution in [2.24, 2.45) is 11.3 Å². The number of anilines is 1. The Morgan fingerprint density at radius 2 is 1.80 bits per heavy atom. The van der Waals surface area contributed by atoms with Crippen LogP contribution in [0.2, 0.25) is 5.15 Å². The van der Waals surface area contributed by atoms with Gasteiger partial charge in [0.25, 0.3) is 17.4 Å². The second-order valence-electron chi connectivity index (χ2n) is 11.4. The normalized spacial score (nSPS) is 18.4. The number of carbonyl (C=O) groups excluding carboxylic acids is 2. The Kier molecular flexibility index (Phi) is 8.80. The fourth-order valence-corrected chi connectivity index (χ4v) is 6.23. The summed E-state index contributed by atoms with van der Waals surface area (Å²) in [6, 6.07) is 8.37. The number of ether oxygens (including phenoxy) is 1. The number of aromatic nitrogens is 1. The molecular formula is C29H36ClF3N4O4. The molecule has 1 N–H and O–H groups in total. The number of hydrogen-bond donors (Lipinski definition) is 1. The molecule has 0 unspecified atom stereocenters. The molecule has 1 aliphatic heterocycles. The minimum atomic E-state index is -5.21. The van der Waals surface area contributed by atoms with E-state index in [0.29, 0.717) is 12.0 Å². The summed E-state index contributed by atoms with van der Waals surface area (Å²) in [7, 11) is 5.91. The summed E-state index contributed by atoms with van der Waals surface area (Å²) in [5.74, 6) is -0.490. The van der Waals surface area contributed by atoms with Gasteiger partial charge in [-0.1, -0.05) is 23.7 Å². The first kappa shape index (κ1) is 30.9. The third-order valence-electron chi connectivity index (χ3n) is 8.49. The highest BCUT2D eigenvalue weighted by Gasteiger charge is 2.62. The van der Waals surface area contributed by atoms with E-state index in [1.54, 1.807) is 20.2 Å². The molecule has 8 nitrogen and oxygen atoms in total. The fourth-order valence-electron chi connectivity index (χ4n) is 6.00. The van der Waals surface area contributed by atoms with E-state index < -0.39 is 23.2 Å². The SMILES string of the molecule is COc1cccc([C@@](O)(C(=O)N(C)CCC2CC3(CCN(c4ccc(C(=O)N(C)C)c(Cl)n4)CC3)C2)C(F)(F)F)c1. The molecule has 1 aromatic carbocycles. The first-order valence-electron chi connectivity index (χ1n) is 13.5. The number of nitrogens with zero attached hydrogens (tertiary/aromatic N) is 4. The molecule has 41 heavy (non-hydrogen) atoms. The molecule has 2 amide bonds. The smallest absolute Gasteiger partial charge is 0.430 e. The highest BCUT2D eigenvalue weighted by Crippen LogP contribution is 2.54. The molecule has 2 fully saturated rings. The topological polar surface area (TPSA) is 86.2 Å². The molecule has 0 bridgehead atoms. The molecule has 1 saturated heterocycles. The zero-order valence-electron chi connectivity index (χ0n) is 23.7. The molecule has 1 aromatic heterocycles. The van der Waals surface area contributed by atoms with Crippen LogP contribution in [0.1, 0.15) is 48.0 Å². The van der Waals surface area contributed by atoms with Gasteiger partial charge < -0.3 is 24.5 Å². The molecule has 2 aliphatic rings. The minimum absolute atomic E-state index is 0.106. The maximum absolute atomic E-state index is 14.0. The third-order valence-corrected chi connectivity index (χ3v) is 8.78. The monoisotopic (exact) mass is 596 g/mol. The van der Waals surface area contributed by atoms with Gasteiger partial charge in [0.1, 0.15) is 16.7 Å². The van der Waals surface area contributed by atoms with Crippen LogP contribution >= 0.6 is 11.6 Å². The van der Waals surface area contributed by atoms with Gasteiger partial charge >= 0.3 is 6.18 Å². The largest absolute Gasteiger partial charge is 0.497 e. The summed E-state index contributed by atoms with van der Waals surface area (Å²) < 4.78 is 47.1. The lowest BCUT2D eigenvalue weighted by molar-refractivity contribution is -0.261. The Labute approximate surface area is 243 Å². The number of methoxy groups -OCH3 is 1. The van der Waals surface area contributed by atoms with Crippen molar-refractivity contribution in [3.8, 4) is 5.75 Å². The Morgan fingerprint density at radius 1 is 1.15 bits per heavy atom. The first-order valence-corrected chi connectivity index (χ1v) is 13.9. The zero-order valence-corrected chi connectivity index (χ0v) is 24.4. The number of alkyl halides is 3. The number of likely N-dealkylation sites (N-methyl/N-ethyl adjacent to an activating group) is 1. The number of aliphatic hydroxyl groups is 1. The van der Waals surface area contributed by atoms with Gasteiger partial charge in [-0.2, -0.15) is 13.2 Å². The van der Waals surface area contributed by atoms with Gasteiger partial charge in [-0.3, -0.25) is 9.59 Å². The summed E-state index contributed by atoms with van der Waals surface area (Å²) in [6.07, 6.45) is -0.891. The van der Waals surface area contributed by atoms with E-state index >= 15 is 0 Å². The van der Waals surface area contributed by atoms with Crippen LogP contribution in [0.4, 0.5) is 19.0 Å². The van der Waals surface area contributed by atoms with E-state index in [0.717, 1.165) is 61.6 Å². The van der Waals surface area contributed by atoms with Gasteiger partial charge in [-0.05, 0) is 67.7 Å². The lowest BCUT2D eigenvalue weighted by atomic mass is 9.57. The van der Waals surface area contributed by atoms with Crippen molar-refractivity contribution in [2.75, 3.05) is 52.8 Å². The molecule has 1 spiro atoms. The molecular weight excluding hydrogens is 561 g/mol. The molecule has 1 saturated carbocycles. The number of pyridine rings is 1. The Hall–Kier alpha value is -3.05. The van der Waals surface area contributed by atoms with Crippen LogP contribution in [0, 0.1) is 11.3 Å². The number of rotatable bonds is 8. The predicted molar refractivity (Wildman–Crippen MR) is 149 cm³/mol. The molecule has 2 aromatic rings. The van der Waals surface area contributed by atoms with Crippen molar-refractivity contribution in [1.82, 2.24) is 14.8 Å². The lowest BCUT2D eigenvalue weighted by Gasteiger charge is -2.53. The van der Waals surface area contributed by atoms with Crippen LogP contribution in [0.3, 0.4) is 0 Å². The van der Waals surface area contributed by atoms with E-state index in [-0.39, 0.29) is 34.7 Å². The summed E-state index contributed by atoms with van der Waals surface area (Å²) in [5, 5.41) is 10.9. The summed E-state index contributed by atoms with van der Waals surface area (Å²) in [5.41, 5.74) is -3.72. The van der Waals surface area contributed by atoms with Gasteiger partial charge in [0.15, 0.2) is 0 Å². The Bertz CT molecular complexity index is 1270. The number of amides is 2. The summed E-state index contributed by atoms with van der Waals surface area (Å²) in [6.45, 7) is 1.68. The average Bonchev–Trinajstić information content (AvgIpc) is 2.93. The van der Waals surface area contributed by atoms with Gasteiger partial charge in [0, 0.05) is 46.3 Å². The molecule has 1 atom stereocenters. The zero-order chi connectivity index (χ0) is 30.2. The molecule has 0 radical (unpaired) electrons. The highest BCUT2D eigenvalue weighted by molar-refractivity contribution is 6.32. The van der Waals surface area contributed by atoms with Crippen LogP contribution in [-0.2, 0) is 10.4 Å². The molecule has 4 rings (SSSR count). The Morgan fingerprint density at radius 3 is 2.37 bits per heavy atom. The summed E-state index contributed by atoms with van der Waals surface area (Å²) >= 11 is 6.29. The average molecular weight is 597 g/mol. The highest BCUT2D eigenvalue weighted by atomic mass is 35.5. The lowest BCUT2D eigenvalue weighted by Crippen LogP contribution is -2.55. The van der Waals surface area contributed by atoms with Crippen molar-refractivity contribution >= 4 is 29.2 Å². The third kappa shape index (κ3) is 6.11. The van der Waals surface area contributed by atoms with Gasteiger partial charge in [-0.25, -0.2) is 4.98 Å². The van der Waals surface area contributed by atoms with Crippen molar-refractivity contribution in [1.29, 1.82) is 0 Å². The fraction of sp³-hybridized carbons (Fsp3) is 0.552. The van der Waals surface area contributed by atoms with Crippen LogP contribution < -0.4 is 9.64 Å². The van der Waals surface area contributed by atoms with Crippen molar-refractivity contribution in [3.05, 3.63) is 52.7 Å². The van der Waals surface area contributed by atoms with Crippen LogP contribution in [0.15, 0.2) is 36.4 Å². The van der Waals surface area contributed by atoms with Gasteiger partial charge in [-0.15, -0.1) is 0 Å². The standard InChI is InChI=1S/C29H36ClF3N4O4/c1-35(2)25(38)22-8-9-23(34-24(22)30)37-14-11-27(12-15-37)17-19(18-27)10-13-36(3)26(39)28(40,29(31,32)33)20-6-5-7-21(16-20)41-4/h5-9,16,19,40H,10-15,17-18H2,1-4H3/t28-/m1/s1. The van der Waals surface area contributed by atoms with Gasteiger partial charge in [0.05, 0.1) is 12.7 Å². The molecule has 1 aliphatic carbocycles. The van der Waals surface area contributed by atoms with E-state index in [2.05, 4.69) is 9.88 Å². The van der Waals surface area contributed by atoms with Crippen molar-refractivity contribution in [2.45, 2.75) is 43.9 Å². The second-order valence-corrected chi connectivity index (χ2v) is 11.8. The number of hydrogen-bond acceptors (Lipinski definition) is 6. The van der Waals surface area contributed by atoms with E-state index in [4.69, 9.17) is 16.3 Å². The second kappa shape index (κ2) is 11.7. The summed E-state index contributed by atoms with van der Waals surface area (Å²) in [4.78, 5) is 34.2. The van der Waals surface area contributed by atoms with Crippen LogP contribution in [0.25, 0.3) is 0 Å². The number of piperidine rings is 1. The van der Waals surface area contributed by atoms with E-state index in [1.165, 1.54) is 31.2 Å². The number of halogens is 4. The minimum Gasteiger partial charge on any atom is -0.497 e. The quantitative estimate of drug-likeness (QED) is 0.443. The Balaban J connectivity index is 1.30. The van der Waals surface area contributed by atoms with Crippen molar-refractivity contribution in [3.63, 3.8) is 0 Å². The van der Waals surface area contributed by atoms with Crippen LogP contribution in [-0.4, -0.2) is 85.8 Å². The maximum atomic E-state index is 14.0. The maximum Gasteiger partial charge on any atom is 0.430 e. The van der Waals surface area contributed by atoms with Crippen LogP contribution in [0.5, 0.6) is 5.75 Å². The van der Waals surface area contributed by atoms with E-state index in [9.17, 15) is 27.9 Å². The van der Waals surface area contributed by atoms with Crippen molar-refractivity contribution < 1.29 is 32.6 Å². The van der Waals surface area contributed by atoms with Gasteiger partial charge in [0.2, 0.25) is 0 Å². The first-order chi connectivity index (χ1) is 19.2. The number of carbonyl (C=O) groups is 2. The number of benzene rings is 1. The molecule has 224 valence electrons. The molecule has 12 heteroatoms. The predicted octanol–water partition coefficient (Wildman–Crippen LogP) is 4.74.